The van der Waals surface area contributed by atoms with E-state index in [1.165, 1.54) is 0 Å². The largest absolute Gasteiger partial charge is 0.323 e. The molecule has 0 saturated heterocycles. The Labute approximate surface area is 152 Å². The average molecular weight is 379 g/mol. The molecule has 0 N–H and O–H groups in total. The summed E-state index contributed by atoms with van der Waals surface area (Å²) in [5, 5.41) is -0.418. The maximum Gasteiger partial charge on any atom is 0.0905 e. The molecule has 24 heavy (non-hydrogen) atoms. The summed E-state index contributed by atoms with van der Waals surface area (Å²) in [6.07, 6.45) is 3.04. The van der Waals surface area contributed by atoms with Crippen molar-refractivity contribution >= 4 is 14.3 Å². The third-order valence-corrected chi connectivity index (χ3v) is 13.4. The van der Waals surface area contributed by atoms with E-state index in [0.717, 1.165) is 12.8 Å². The molecule has 0 heterocycles. The molecule has 0 aromatic heterocycles. The van der Waals surface area contributed by atoms with Crippen molar-refractivity contribution in [1.29, 1.82) is 0 Å². The molecule has 4 heteroatoms. The standard InChI is InChI=1S/C20H44O2P2/c1-17(2,3)15-19(7,8)23(11,21)13-14-24(12,22)20(9,10)16-18(4,5)6/h13-16H2,1-12H3/t23-,24-/m1/s1. The zero-order valence-corrected chi connectivity index (χ0v) is 20.3. The molecule has 0 rings (SSSR count). The van der Waals surface area contributed by atoms with E-state index in [2.05, 4.69) is 69.2 Å². The van der Waals surface area contributed by atoms with E-state index in [0.29, 0.717) is 12.3 Å². The van der Waals surface area contributed by atoms with Crippen LogP contribution in [0.1, 0.15) is 82.1 Å². The Morgan fingerprint density at radius 1 is 0.542 bits per heavy atom. The summed E-state index contributed by atoms with van der Waals surface area (Å²) in [6.45, 7) is 25.6. The van der Waals surface area contributed by atoms with E-state index in [4.69, 9.17) is 0 Å². The molecule has 0 fully saturated rings. The molecule has 0 aliphatic rings. The van der Waals surface area contributed by atoms with Crippen LogP contribution in [0.15, 0.2) is 0 Å². The minimum absolute atomic E-state index is 0.149. The van der Waals surface area contributed by atoms with Gasteiger partial charge < -0.3 is 9.13 Å². The lowest BCUT2D eigenvalue weighted by atomic mass is 9.86. The summed E-state index contributed by atoms with van der Waals surface area (Å²) in [6, 6.07) is 0. The lowest BCUT2D eigenvalue weighted by Crippen LogP contribution is -2.31. The molecular formula is C20H44O2P2. The molecule has 0 saturated carbocycles. The van der Waals surface area contributed by atoms with E-state index in [9.17, 15) is 9.13 Å². The van der Waals surface area contributed by atoms with Crippen molar-refractivity contribution in [3.63, 3.8) is 0 Å². The highest BCUT2D eigenvalue weighted by molar-refractivity contribution is 7.68. The van der Waals surface area contributed by atoms with Crippen LogP contribution in [0.25, 0.3) is 0 Å². The fourth-order valence-corrected chi connectivity index (χ4v) is 9.80. The van der Waals surface area contributed by atoms with Crippen LogP contribution >= 0.6 is 14.3 Å². The van der Waals surface area contributed by atoms with Gasteiger partial charge in [-0.2, -0.15) is 0 Å². The van der Waals surface area contributed by atoms with E-state index in [1.54, 1.807) is 0 Å². The van der Waals surface area contributed by atoms with Gasteiger partial charge in [0.1, 0.15) is 0 Å². The quantitative estimate of drug-likeness (QED) is 0.432. The minimum atomic E-state index is -2.38. The molecule has 146 valence electrons. The van der Waals surface area contributed by atoms with Gasteiger partial charge >= 0.3 is 0 Å². The van der Waals surface area contributed by atoms with Gasteiger partial charge in [-0.3, -0.25) is 0 Å². The molecule has 0 aromatic carbocycles. The summed E-state index contributed by atoms with van der Waals surface area (Å²) < 4.78 is 26.9. The normalized spacial score (nSPS) is 19.7. The smallest absolute Gasteiger partial charge is 0.0905 e. The highest BCUT2D eigenvalue weighted by atomic mass is 31.2. The summed E-state index contributed by atoms with van der Waals surface area (Å²) in [7, 11) is -4.76. The van der Waals surface area contributed by atoms with E-state index >= 15 is 0 Å². The topological polar surface area (TPSA) is 34.1 Å². The Bertz CT molecular complexity index is 469. The maximum absolute atomic E-state index is 13.5. The molecule has 0 radical (unpaired) electrons. The minimum Gasteiger partial charge on any atom is -0.323 e. The van der Waals surface area contributed by atoms with Gasteiger partial charge in [0.25, 0.3) is 0 Å². The summed E-state index contributed by atoms with van der Waals surface area (Å²) in [4.78, 5) is 0. The SMILES string of the molecule is CC(C)(C)CC(C)(C)[P@](C)(=O)CC[P@@](C)(=O)C(C)(C)CC(C)(C)C. The molecule has 2 atom stereocenters. The maximum atomic E-state index is 13.5. The van der Waals surface area contributed by atoms with Gasteiger partial charge in [-0.05, 0) is 37.0 Å². The van der Waals surface area contributed by atoms with E-state index < -0.39 is 14.3 Å². The van der Waals surface area contributed by atoms with Crippen LogP contribution < -0.4 is 0 Å². The molecule has 0 amide bonds. The molecule has 0 spiro atoms. The second kappa shape index (κ2) is 7.23. The highest BCUT2D eigenvalue weighted by Crippen LogP contribution is 2.64. The first-order chi connectivity index (χ1) is 10.1. The van der Waals surface area contributed by atoms with Crippen molar-refractivity contribution in [1.82, 2.24) is 0 Å². The Kier molecular flexibility index (Phi) is 7.37. The highest BCUT2D eigenvalue weighted by Gasteiger charge is 2.43. The summed E-state index contributed by atoms with van der Waals surface area (Å²) in [5.41, 5.74) is 0.299. The Morgan fingerprint density at radius 2 is 0.750 bits per heavy atom. The van der Waals surface area contributed by atoms with Gasteiger partial charge in [0.15, 0.2) is 0 Å². The van der Waals surface area contributed by atoms with Crippen LogP contribution in [-0.4, -0.2) is 36.0 Å². The molecule has 0 bridgehead atoms. The number of rotatable bonds is 7. The average Bonchev–Trinajstić information content (AvgIpc) is 2.19. The van der Waals surface area contributed by atoms with Gasteiger partial charge in [0.05, 0.1) is 14.3 Å². The molecule has 2 nitrogen and oxygen atoms in total. The third kappa shape index (κ3) is 7.37. The monoisotopic (exact) mass is 378 g/mol. The van der Waals surface area contributed by atoms with Crippen LogP contribution in [0.3, 0.4) is 0 Å². The van der Waals surface area contributed by atoms with Gasteiger partial charge in [0, 0.05) is 22.6 Å². The molecule has 0 aliphatic carbocycles. The molecular weight excluding hydrogens is 334 g/mol. The van der Waals surface area contributed by atoms with Gasteiger partial charge in [-0.15, -0.1) is 0 Å². The van der Waals surface area contributed by atoms with Gasteiger partial charge in [-0.1, -0.05) is 69.2 Å². The zero-order chi connectivity index (χ0) is 19.8. The number of hydrogen-bond donors (Lipinski definition) is 0. The first-order valence-electron chi connectivity index (χ1n) is 9.25. The van der Waals surface area contributed by atoms with Crippen molar-refractivity contribution in [2.24, 2.45) is 10.8 Å². The number of hydrogen-bond acceptors (Lipinski definition) is 2. The first kappa shape index (κ1) is 24.5. The van der Waals surface area contributed by atoms with Crippen molar-refractivity contribution in [2.75, 3.05) is 25.7 Å². The molecule has 0 aromatic rings. The Hall–Kier alpha value is 0.460. The predicted molar refractivity (Wildman–Crippen MR) is 113 cm³/mol. The van der Waals surface area contributed by atoms with Crippen molar-refractivity contribution < 1.29 is 9.13 Å². The van der Waals surface area contributed by atoms with Crippen LogP contribution in [0.2, 0.25) is 0 Å². The fraction of sp³-hybridized carbons (Fsp3) is 1.00. The van der Waals surface area contributed by atoms with Crippen LogP contribution in [0.4, 0.5) is 0 Å². The Balaban J connectivity index is 5.22. The Morgan fingerprint density at radius 3 is 0.917 bits per heavy atom. The molecule has 0 aliphatic heterocycles. The zero-order valence-electron chi connectivity index (χ0n) is 18.5. The lowest BCUT2D eigenvalue weighted by molar-refractivity contribution is 0.327. The van der Waals surface area contributed by atoms with Crippen molar-refractivity contribution in [3.05, 3.63) is 0 Å². The van der Waals surface area contributed by atoms with Crippen molar-refractivity contribution in [3.8, 4) is 0 Å². The van der Waals surface area contributed by atoms with Crippen molar-refractivity contribution in [2.45, 2.75) is 92.4 Å². The second-order valence-electron chi connectivity index (χ2n) is 11.7. The fourth-order valence-electron chi connectivity index (χ4n) is 3.92. The van der Waals surface area contributed by atoms with Crippen LogP contribution in [0, 0.1) is 10.8 Å². The second-order valence-corrected chi connectivity index (χ2v) is 19.5. The first-order valence-corrected chi connectivity index (χ1v) is 13.9. The van der Waals surface area contributed by atoms with E-state index in [1.807, 2.05) is 13.3 Å². The lowest BCUT2D eigenvalue weighted by Gasteiger charge is -2.40. The van der Waals surface area contributed by atoms with E-state index in [-0.39, 0.29) is 21.1 Å². The van der Waals surface area contributed by atoms with Gasteiger partial charge in [-0.25, -0.2) is 0 Å². The van der Waals surface area contributed by atoms with Crippen LogP contribution in [-0.2, 0) is 9.13 Å². The van der Waals surface area contributed by atoms with Crippen LogP contribution in [0.5, 0.6) is 0 Å². The summed E-state index contributed by atoms with van der Waals surface area (Å²) in [5.74, 6) is 0. The predicted octanol–water partition coefficient (Wildman–Crippen LogP) is 7.40. The molecule has 0 unspecified atom stereocenters. The van der Waals surface area contributed by atoms with Gasteiger partial charge in [0.2, 0.25) is 0 Å². The summed E-state index contributed by atoms with van der Waals surface area (Å²) >= 11 is 0. The third-order valence-electron chi connectivity index (χ3n) is 5.44.